The predicted octanol–water partition coefficient (Wildman–Crippen LogP) is 3.35. The highest BCUT2D eigenvalue weighted by atomic mass is 19.4. The van der Waals surface area contributed by atoms with Gasteiger partial charge in [0.25, 0.3) is 11.8 Å². The second kappa shape index (κ2) is 10.2. The molecule has 2 heterocycles. The minimum absolute atomic E-state index is 0.00941. The third-order valence-electron chi connectivity index (χ3n) is 5.14. The van der Waals surface area contributed by atoms with Crippen LogP contribution in [0, 0.1) is 0 Å². The van der Waals surface area contributed by atoms with E-state index in [1.165, 1.54) is 30.1 Å². The summed E-state index contributed by atoms with van der Waals surface area (Å²) in [4.78, 5) is 33.8. The van der Waals surface area contributed by atoms with Gasteiger partial charge in [0.2, 0.25) is 0 Å². The molecule has 0 radical (unpaired) electrons. The standard InChI is InChI=1S/C23H23F3N6O4/c1-32-9-8-16(30-32)14-4-3-5-17(20(14)36-12-23(24,25)26)29-18-10-19(22(34)28-13-6-7-13)27-11-15(18)21(33)31-35-2/h3-5,8-11,13H,6-7,12H2,1-2H3,(H,27,29)(H,28,34)(H,31,33). The van der Waals surface area contributed by atoms with E-state index in [2.05, 4.69) is 31.0 Å². The number of nitrogens with one attached hydrogen (secondary N) is 3. The average Bonchev–Trinajstić information content (AvgIpc) is 3.54. The number of halogens is 3. The van der Waals surface area contributed by atoms with Gasteiger partial charge < -0.3 is 15.4 Å². The molecule has 190 valence electrons. The summed E-state index contributed by atoms with van der Waals surface area (Å²) in [6.45, 7) is -1.55. The topological polar surface area (TPSA) is 119 Å². The molecule has 3 aromatic rings. The van der Waals surface area contributed by atoms with Crippen molar-refractivity contribution in [2.24, 2.45) is 7.05 Å². The Bertz CT molecular complexity index is 1270. The van der Waals surface area contributed by atoms with E-state index in [1.807, 2.05) is 0 Å². The first-order valence-electron chi connectivity index (χ1n) is 10.9. The lowest BCUT2D eigenvalue weighted by Gasteiger charge is -2.19. The van der Waals surface area contributed by atoms with Crippen molar-refractivity contribution in [3.63, 3.8) is 0 Å². The number of hydrogen-bond acceptors (Lipinski definition) is 7. The largest absolute Gasteiger partial charge is 0.481 e. The normalized spacial score (nSPS) is 13.2. The summed E-state index contributed by atoms with van der Waals surface area (Å²) < 4.78 is 45.9. The van der Waals surface area contributed by atoms with Crippen LogP contribution >= 0.6 is 0 Å². The van der Waals surface area contributed by atoms with Crippen molar-refractivity contribution in [3.8, 4) is 17.0 Å². The summed E-state index contributed by atoms with van der Waals surface area (Å²) in [5, 5.41) is 10.00. The highest BCUT2D eigenvalue weighted by Gasteiger charge is 2.30. The van der Waals surface area contributed by atoms with Gasteiger partial charge in [-0.1, -0.05) is 6.07 Å². The highest BCUT2D eigenvalue weighted by Crippen LogP contribution is 2.39. The summed E-state index contributed by atoms with van der Waals surface area (Å²) in [7, 11) is 2.92. The molecule has 0 spiro atoms. The fourth-order valence-corrected chi connectivity index (χ4v) is 3.35. The molecule has 2 amide bonds. The SMILES string of the molecule is CONC(=O)c1cnc(C(=O)NC2CC2)cc1Nc1cccc(-c2ccn(C)n2)c1OCC(F)(F)F. The van der Waals surface area contributed by atoms with E-state index in [1.54, 1.807) is 31.4 Å². The number of hydrogen-bond donors (Lipinski definition) is 3. The van der Waals surface area contributed by atoms with Gasteiger partial charge in [0.1, 0.15) is 5.69 Å². The van der Waals surface area contributed by atoms with Gasteiger partial charge in [-0.2, -0.15) is 18.3 Å². The summed E-state index contributed by atoms with van der Waals surface area (Å²) in [6.07, 6.45) is -0.0410. The minimum atomic E-state index is -4.59. The van der Waals surface area contributed by atoms with Crippen LogP contribution in [0.1, 0.15) is 33.7 Å². The molecule has 10 nitrogen and oxygen atoms in total. The van der Waals surface area contributed by atoms with Gasteiger partial charge in [0.15, 0.2) is 12.4 Å². The number of anilines is 2. The Morgan fingerprint density at radius 1 is 1.17 bits per heavy atom. The van der Waals surface area contributed by atoms with Crippen molar-refractivity contribution >= 4 is 23.2 Å². The summed E-state index contributed by atoms with van der Waals surface area (Å²) in [5.41, 5.74) is 3.09. The number of carbonyl (C=O) groups is 2. The molecular formula is C23H23F3N6O4. The van der Waals surface area contributed by atoms with Crippen LogP contribution in [0.4, 0.5) is 24.5 Å². The molecule has 1 fully saturated rings. The quantitative estimate of drug-likeness (QED) is 0.383. The zero-order chi connectivity index (χ0) is 25.9. The Morgan fingerprint density at radius 3 is 2.58 bits per heavy atom. The number of nitrogens with zero attached hydrogens (tertiary/aromatic N) is 3. The maximum absolute atomic E-state index is 13.1. The fourth-order valence-electron chi connectivity index (χ4n) is 3.35. The molecule has 1 aromatic carbocycles. The Kier molecular flexibility index (Phi) is 7.10. The van der Waals surface area contributed by atoms with Gasteiger partial charge in [-0.05, 0) is 37.1 Å². The van der Waals surface area contributed by atoms with E-state index in [9.17, 15) is 22.8 Å². The maximum atomic E-state index is 13.1. The number of ether oxygens (including phenoxy) is 1. The van der Waals surface area contributed by atoms with Crippen LogP contribution in [0.25, 0.3) is 11.3 Å². The van der Waals surface area contributed by atoms with Gasteiger partial charge >= 0.3 is 6.18 Å². The van der Waals surface area contributed by atoms with Crippen LogP contribution in [0.3, 0.4) is 0 Å². The molecule has 2 aromatic heterocycles. The van der Waals surface area contributed by atoms with Gasteiger partial charge in [0, 0.05) is 31.0 Å². The van der Waals surface area contributed by atoms with Crippen molar-refractivity contribution in [1.29, 1.82) is 0 Å². The third kappa shape index (κ3) is 6.10. The number of alkyl halides is 3. The Morgan fingerprint density at radius 2 is 1.94 bits per heavy atom. The number of carbonyl (C=O) groups excluding carboxylic acids is 2. The van der Waals surface area contributed by atoms with E-state index in [0.717, 1.165) is 12.8 Å². The zero-order valence-electron chi connectivity index (χ0n) is 19.3. The van der Waals surface area contributed by atoms with Crippen molar-refractivity contribution in [3.05, 3.63) is 54.0 Å². The third-order valence-corrected chi connectivity index (χ3v) is 5.14. The summed E-state index contributed by atoms with van der Waals surface area (Å²) in [6, 6.07) is 7.69. The Balaban J connectivity index is 1.76. The molecule has 0 bridgehead atoms. The van der Waals surface area contributed by atoms with E-state index in [4.69, 9.17) is 4.74 Å². The molecule has 1 saturated carbocycles. The maximum Gasteiger partial charge on any atom is 0.422 e. The zero-order valence-corrected chi connectivity index (χ0v) is 19.3. The van der Waals surface area contributed by atoms with Crippen LogP contribution in [-0.2, 0) is 11.9 Å². The first-order valence-corrected chi connectivity index (χ1v) is 10.9. The number of aryl methyl sites for hydroxylation is 1. The van der Waals surface area contributed by atoms with E-state index in [-0.39, 0.29) is 34.4 Å². The van der Waals surface area contributed by atoms with Crippen molar-refractivity contribution in [1.82, 2.24) is 25.6 Å². The smallest absolute Gasteiger partial charge is 0.422 e. The fraction of sp³-hybridized carbons (Fsp3) is 0.304. The average molecular weight is 504 g/mol. The number of aromatic nitrogens is 3. The number of benzene rings is 1. The van der Waals surface area contributed by atoms with Crippen molar-refractivity contribution < 1.29 is 32.3 Å². The molecule has 36 heavy (non-hydrogen) atoms. The lowest BCUT2D eigenvalue weighted by Crippen LogP contribution is -2.27. The highest BCUT2D eigenvalue weighted by molar-refractivity contribution is 6.02. The van der Waals surface area contributed by atoms with Gasteiger partial charge in [-0.15, -0.1) is 0 Å². The van der Waals surface area contributed by atoms with Crippen LogP contribution in [0.5, 0.6) is 5.75 Å². The molecule has 0 aliphatic heterocycles. The van der Waals surface area contributed by atoms with Crippen LogP contribution in [0.15, 0.2) is 42.7 Å². The first-order chi connectivity index (χ1) is 17.1. The lowest BCUT2D eigenvalue weighted by atomic mass is 10.1. The molecule has 1 aliphatic carbocycles. The van der Waals surface area contributed by atoms with E-state index >= 15 is 0 Å². The second-order valence-electron chi connectivity index (χ2n) is 8.08. The first kappa shape index (κ1) is 25.0. The molecule has 0 unspecified atom stereocenters. The number of rotatable bonds is 9. The molecule has 1 aliphatic rings. The number of pyridine rings is 1. The van der Waals surface area contributed by atoms with Crippen molar-refractivity contribution in [2.75, 3.05) is 19.0 Å². The summed E-state index contributed by atoms with van der Waals surface area (Å²) >= 11 is 0. The summed E-state index contributed by atoms with van der Waals surface area (Å²) in [5.74, 6) is -1.25. The molecule has 0 saturated heterocycles. The molecule has 0 atom stereocenters. The number of para-hydroxylation sites is 1. The molecule has 3 N–H and O–H groups in total. The van der Waals surface area contributed by atoms with Crippen LogP contribution in [0.2, 0.25) is 0 Å². The second-order valence-corrected chi connectivity index (χ2v) is 8.08. The number of hydroxylamine groups is 1. The van der Waals surface area contributed by atoms with Gasteiger partial charge in [-0.25, -0.2) is 5.48 Å². The lowest BCUT2D eigenvalue weighted by molar-refractivity contribution is -0.153. The van der Waals surface area contributed by atoms with Crippen LogP contribution < -0.4 is 20.9 Å². The predicted molar refractivity (Wildman–Crippen MR) is 123 cm³/mol. The monoisotopic (exact) mass is 504 g/mol. The Hall–Kier alpha value is -4.13. The molecule has 4 rings (SSSR count). The van der Waals surface area contributed by atoms with Crippen molar-refractivity contribution in [2.45, 2.75) is 25.1 Å². The molecular weight excluding hydrogens is 481 g/mol. The van der Waals surface area contributed by atoms with E-state index < -0.39 is 24.6 Å². The molecule has 13 heteroatoms. The van der Waals surface area contributed by atoms with Gasteiger partial charge in [-0.3, -0.25) is 24.1 Å². The minimum Gasteiger partial charge on any atom is -0.481 e. The number of amides is 2. The van der Waals surface area contributed by atoms with Crippen LogP contribution in [-0.4, -0.2) is 52.5 Å². The Labute approximate surface area is 203 Å². The van der Waals surface area contributed by atoms with E-state index in [0.29, 0.717) is 11.3 Å². The van der Waals surface area contributed by atoms with Gasteiger partial charge in [0.05, 0.1) is 29.7 Å².